The molecule has 0 saturated heterocycles. The fourth-order valence-electron chi connectivity index (χ4n) is 1.03. The van der Waals surface area contributed by atoms with Gasteiger partial charge in [-0.25, -0.2) is 0 Å². The second kappa shape index (κ2) is 2.83. The van der Waals surface area contributed by atoms with Gasteiger partial charge < -0.3 is 5.11 Å². The second-order valence-corrected chi connectivity index (χ2v) is 2.41. The lowest BCUT2D eigenvalue weighted by Crippen LogP contribution is -2.08. The molecule has 1 rings (SSSR count). The van der Waals surface area contributed by atoms with Gasteiger partial charge in [-0.3, -0.25) is 0 Å². The lowest BCUT2D eigenvalue weighted by Gasteiger charge is -2.14. The maximum Gasteiger partial charge on any atom is 0.0578 e. The molecule has 1 heteroatoms. The van der Waals surface area contributed by atoms with Crippen molar-refractivity contribution in [2.75, 3.05) is 0 Å². The average Bonchev–Trinajstić information content (AvgIpc) is 1.90. The summed E-state index contributed by atoms with van der Waals surface area (Å²) in [6, 6.07) is 0. The van der Waals surface area contributed by atoms with Crippen LogP contribution in [0.3, 0.4) is 0 Å². The van der Waals surface area contributed by atoms with Crippen molar-refractivity contribution in [1.29, 1.82) is 0 Å². The zero-order valence-electron chi connectivity index (χ0n) is 5.51. The van der Waals surface area contributed by atoms with E-state index in [4.69, 9.17) is 5.11 Å². The largest absolute Gasteiger partial charge is 0.393 e. The van der Waals surface area contributed by atoms with Crippen molar-refractivity contribution in [1.82, 2.24) is 0 Å². The molecule has 9 heavy (non-hydrogen) atoms. The highest BCUT2D eigenvalue weighted by Gasteiger charge is 2.07. The minimum Gasteiger partial charge on any atom is -0.393 e. The molecule has 1 nitrogen and oxygen atoms in total. The van der Waals surface area contributed by atoms with E-state index in [1.807, 2.05) is 6.08 Å². The van der Waals surface area contributed by atoms with Crippen LogP contribution in [0, 0.1) is 0 Å². The molecular formula is C8H12O. The number of rotatable bonds is 1. The van der Waals surface area contributed by atoms with E-state index in [1.165, 1.54) is 5.57 Å². The SMILES string of the molecule is C=CC1=CCC(O)CC1. The van der Waals surface area contributed by atoms with Crippen LogP contribution >= 0.6 is 0 Å². The van der Waals surface area contributed by atoms with Gasteiger partial charge in [-0.2, -0.15) is 0 Å². The van der Waals surface area contributed by atoms with Crippen molar-refractivity contribution in [3.8, 4) is 0 Å². The normalized spacial score (nSPS) is 27.2. The molecule has 0 amide bonds. The molecule has 0 spiro atoms. The molecule has 1 atom stereocenters. The summed E-state index contributed by atoms with van der Waals surface area (Å²) in [6.07, 6.45) is 6.52. The third-order valence-electron chi connectivity index (χ3n) is 1.68. The molecule has 1 aliphatic rings. The van der Waals surface area contributed by atoms with Crippen LogP contribution in [-0.2, 0) is 0 Å². The molecule has 0 aliphatic heterocycles. The molecule has 0 fully saturated rings. The first-order valence-electron chi connectivity index (χ1n) is 3.32. The monoisotopic (exact) mass is 124 g/mol. The lowest BCUT2D eigenvalue weighted by molar-refractivity contribution is 0.163. The van der Waals surface area contributed by atoms with Crippen molar-refractivity contribution in [3.05, 3.63) is 24.3 Å². The summed E-state index contributed by atoms with van der Waals surface area (Å²) >= 11 is 0. The maximum atomic E-state index is 9.04. The predicted octanol–water partition coefficient (Wildman–Crippen LogP) is 1.64. The van der Waals surface area contributed by atoms with E-state index < -0.39 is 0 Å². The number of aliphatic hydroxyl groups excluding tert-OH is 1. The highest BCUT2D eigenvalue weighted by Crippen LogP contribution is 2.17. The second-order valence-electron chi connectivity index (χ2n) is 2.41. The number of aliphatic hydroxyl groups is 1. The molecule has 50 valence electrons. The summed E-state index contributed by atoms with van der Waals surface area (Å²) < 4.78 is 0. The van der Waals surface area contributed by atoms with Gasteiger partial charge in [0.05, 0.1) is 6.10 Å². The third kappa shape index (κ3) is 1.68. The first kappa shape index (κ1) is 6.56. The molecule has 0 aromatic rings. The summed E-state index contributed by atoms with van der Waals surface area (Å²) in [5, 5.41) is 9.04. The zero-order valence-corrected chi connectivity index (χ0v) is 5.51. The fraction of sp³-hybridized carbons (Fsp3) is 0.500. The maximum absolute atomic E-state index is 9.04. The average molecular weight is 124 g/mol. The van der Waals surface area contributed by atoms with Crippen LogP contribution in [-0.4, -0.2) is 11.2 Å². The summed E-state index contributed by atoms with van der Waals surface area (Å²) in [5.74, 6) is 0. The van der Waals surface area contributed by atoms with Gasteiger partial charge in [0.15, 0.2) is 0 Å². The van der Waals surface area contributed by atoms with Gasteiger partial charge in [-0.1, -0.05) is 24.3 Å². The van der Waals surface area contributed by atoms with E-state index >= 15 is 0 Å². The first-order chi connectivity index (χ1) is 4.33. The zero-order chi connectivity index (χ0) is 6.69. The Bertz CT molecular complexity index is 136. The van der Waals surface area contributed by atoms with Gasteiger partial charge in [-0.05, 0) is 19.3 Å². The van der Waals surface area contributed by atoms with Crippen molar-refractivity contribution >= 4 is 0 Å². The van der Waals surface area contributed by atoms with Crippen LogP contribution in [0.4, 0.5) is 0 Å². The quantitative estimate of drug-likeness (QED) is 0.563. The van der Waals surface area contributed by atoms with Gasteiger partial charge in [-0.15, -0.1) is 0 Å². The number of allylic oxidation sites excluding steroid dienone is 2. The van der Waals surface area contributed by atoms with Gasteiger partial charge >= 0.3 is 0 Å². The molecule has 0 aromatic carbocycles. The molecule has 0 radical (unpaired) electrons. The van der Waals surface area contributed by atoms with Crippen molar-refractivity contribution < 1.29 is 5.11 Å². The van der Waals surface area contributed by atoms with Crippen LogP contribution in [0.15, 0.2) is 24.3 Å². The molecule has 1 aliphatic carbocycles. The van der Waals surface area contributed by atoms with Gasteiger partial charge in [0, 0.05) is 0 Å². The van der Waals surface area contributed by atoms with Crippen LogP contribution in [0.2, 0.25) is 0 Å². The Labute approximate surface area is 55.7 Å². The Morgan fingerprint density at radius 2 is 2.56 bits per heavy atom. The summed E-state index contributed by atoms with van der Waals surface area (Å²) in [6.45, 7) is 3.66. The highest BCUT2D eigenvalue weighted by molar-refractivity contribution is 5.18. The smallest absolute Gasteiger partial charge is 0.0578 e. The van der Waals surface area contributed by atoms with Crippen LogP contribution in [0.5, 0.6) is 0 Å². The Morgan fingerprint density at radius 3 is 3.00 bits per heavy atom. The van der Waals surface area contributed by atoms with Gasteiger partial charge in [0.1, 0.15) is 0 Å². The van der Waals surface area contributed by atoms with Crippen LogP contribution in [0.1, 0.15) is 19.3 Å². The summed E-state index contributed by atoms with van der Waals surface area (Å²) in [5.41, 5.74) is 1.28. The topological polar surface area (TPSA) is 20.2 Å². The molecule has 0 heterocycles. The van der Waals surface area contributed by atoms with E-state index in [-0.39, 0.29) is 6.10 Å². The van der Waals surface area contributed by atoms with E-state index in [0.29, 0.717) is 0 Å². The van der Waals surface area contributed by atoms with Crippen molar-refractivity contribution in [3.63, 3.8) is 0 Å². The van der Waals surface area contributed by atoms with Crippen molar-refractivity contribution in [2.24, 2.45) is 0 Å². The Morgan fingerprint density at radius 1 is 1.78 bits per heavy atom. The molecule has 0 saturated carbocycles. The van der Waals surface area contributed by atoms with Gasteiger partial charge in [0.25, 0.3) is 0 Å². The van der Waals surface area contributed by atoms with E-state index in [1.54, 1.807) is 0 Å². The van der Waals surface area contributed by atoms with E-state index in [9.17, 15) is 0 Å². The Kier molecular flexibility index (Phi) is 2.06. The summed E-state index contributed by atoms with van der Waals surface area (Å²) in [7, 11) is 0. The number of hydrogen-bond acceptors (Lipinski definition) is 1. The minimum atomic E-state index is -0.103. The third-order valence-corrected chi connectivity index (χ3v) is 1.68. The van der Waals surface area contributed by atoms with Crippen LogP contribution in [0.25, 0.3) is 0 Å². The Balaban J connectivity index is 2.49. The summed E-state index contributed by atoms with van der Waals surface area (Å²) in [4.78, 5) is 0. The standard InChI is InChI=1S/C8H12O/c1-2-7-3-5-8(9)6-4-7/h2-3,8-9H,1,4-6H2. The number of hydrogen-bond donors (Lipinski definition) is 1. The lowest BCUT2D eigenvalue weighted by atomic mass is 9.98. The molecule has 0 bridgehead atoms. The van der Waals surface area contributed by atoms with E-state index in [2.05, 4.69) is 12.7 Å². The minimum absolute atomic E-state index is 0.103. The van der Waals surface area contributed by atoms with E-state index in [0.717, 1.165) is 19.3 Å². The molecular weight excluding hydrogens is 112 g/mol. The molecule has 1 unspecified atom stereocenters. The fourth-order valence-corrected chi connectivity index (χ4v) is 1.03. The van der Waals surface area contributed by atoms with Gasteiger partial charge in [0.2, 0.25) is 0 Å². The molecule has 0 aromatic heterocycles. The predicted molar refractivity (Wildman–Crippen MR) is 38.1 cm³/mol. The highest BCUT2D eigenvalue weighted by atomic mass is 16.3. The Hall–Kier alpha value is -0.560. The first-order valence-corrected chi connectivity index (χ1v) is 3.32. The van der Waals surface area contributed by atoms with Crippen molar-refractivity contribution in [2.45, 2.75) is 25.4 Å². The molecule has 1 N–H and O–H groups in total. The van der Waals surface area contributed by atoms with Crippen LogP contribution < -0.4 is 0 Å².